The van der Waals surface area contributed by atoms with Crippen LogP contribution in [0.5, 0.6) is 5.88 Å². The second-order valence-electron chi connectivity index (χ2n) is 5.38. The molecule has 2 N–H and O–H groups in total. The van der Waals surface area contributed by atoms with Crippen molar-refractivity contribution in [2.45, 2.75) is 25.7 Å². The van der Waals surface area contributed by atoms with Gasteiger partial charge in [-0.15, -0.1) is 0 Å². The molecule has 0 fully saturated rings. The van der Waals surface area contributed by atoms with Crippen LogP contribution in [-0.4, -0.2) is 18.1 Å². The molecule has 0 aliphatic rings. The van der Waals surface area contributed by atoms with Crippen molar-refractivity contribution in [2.24, 2.45) is 0 Å². The second kappa shape index (κ2) is 7.87. The molecule has 0 aliphatic carbocycles. The third kappa shape index (κ3) is 5.37. The van der Waals surface area contributed by atoms with Crippen LogP contribution in [-0.2, 0) is 12.7 Å². The van der Waals surface area contributed by atoms with Crippen LogP contribution < -0.4 is 15.4 Å². The molecule has 1 atom stereocenters. The third-order valence-corrected chi connectivity index (χ3v) is 3.52. The maximum atomic E-state index is 12.7. The van der Waals surface area contributed by atoms with E-state index < -0.39 is 23.8 Å². The summed E-state index contributed by atoms with van der Waals surface area (Å²) in [6.07, 6.45) is -2.85. The van der Waals surface area contributed by atoms with Crippen LogP contribution in [0.15, 0.2) is 42.6 Å². The van der Waals surface area contributed by atoms with E-state index in [1.54, 1.807) is 25.3 Å². The zero-order valence-electron chi connectivity index (χ0n) is 13.7. The van der Waals surface area contributed by atoms with Gasteiger partial charge in [0.25, 0.3) is 0 Å². The number of ether oxygens (including phenoxy) is 1. The van der Waals surface area contributed by atoms with E-state index in [0.717, 1.165) is 17.7 Å². The smallest absolute Gasteiger partial charge is 0.416 e. The Labute approximate surface area is 143 Å². The number of nitrogens with zero attached hydrogens (tertiary/aromatic N) is 1. The molecule has 0 bridgehead atoms. The lowest BCUT2D eigenvalue weighted by Gasteiger charge is -2.16. The average Bonchev–Trinajstić information content (AvgIpc) is 2.59. The lowest BCUT2D eigenvalue weighted by atomic mass is 10.1. The molecule has 5 nitrogen and oxygen atoms in total. The summed E-state index contributed by atoms with van der Waals surface area (Å²) in [7, 11) is 1.50. The molecule has 1 unspecified atom stereocenters. The maximum absolute atomic E-state index is 12.7. The fraction of sp³-hybridized carbons (Fsp3) is 0.294. The minimum absolute atomic E-state index is 0.234. The fourth-order valence-corrected chi connectivity index (χ4v) is 2.13. The number of methoxy groups -OCH3 is 1. The van der Waals surface area contributed by atoms with E-state index in [-0.39, 0.29) is 6.54 Å². The second-order valence-corrected chi connectivity index (χ2v) is 5.38. The normalized spacial score (nSPS) is 12.4. The molecular weight excluding hydrogens is 335 g/mol. The molecule has 1 aromatic carbocycles. The summed E-state index contributed by atoms with van der Waals surface area (Å²) in [4.78, 5) is 15.9. The summed E-state index contributed by atoms with van der Waals surface area (Å²) in [5.41, 5.74) is 0.391. The monoisotopic (exact) mass is 353 g/mol. The molecule has 1 aromatic heterocycles. The number of halogens is 3. The molecule has 0 saturated carbocycles. The number of aromatic nitrogens is 1. The van der Waals surface area contributed by atoms with Gasteiger partial charge < -0.3 is 15.4 Å². The van der Waals surface area contributed by atoms with Gasteiger partial charge in [0.1, 0.15) is 0 Å². The number of nitrogens with one attached hydrogen (secondary N) is 2. The van der Waals surface area contributed by atoms with Crippen molar-refractivity contribution in [1.82, 2.24) is 15.6 Å². The van der Waals surface area contributed by atoms with Crippen LogP contribution in [0.2, 0.25) is 0 Å². The van der Waals surface area contributed by atoms with Gasteiger partial charge in [-0.1, -0.05) is 18.2 Å². The first-order valence-corrected chi connectivity index (χ1v) is 7.50. The summed E-state index contributed by atoms with van der Waals surface area (Å²) in [5.74, 6) is 0.464. The van der Waals surface area contributed by atoms with Crippen molar-refractivity contribution in [3.8, 4) is 5.88 Å². The molecule has 0 spiro atoms. The van der Waals surface area contributed by atoms with Gasteiger partial charge in [0.05, 0.1) is 18.7 Å². The van der Waals surface area contributed by atoms with Crippen molar-refractivity contribution in [2.75, 3.05) is 7.11 Å². The number of alkyl halides is 3. The predicted molar refractivity (Wildman–Crippen MR) is 86.0 cm³/mol. The van der Waals surface area contributed by atoms with Crippen molar-refractivity contribution in [1.29, 1.82) is 0 Å². The Morgan fingerprint density at radius 1 is 1.28 bits per heavy atom. The van der Waals surface area contributed by atoms with E-state index in [1.165, 1.54) is 19.2 Å². The van der Waals surface area contributed by atoms with Gasteiger partial charge in [0.15, 0.2) is 0 Å². The zero-order valence-corrected chi connectivity index (χ0v) is 13.7. The van der Waals surface area contributed by atoms with E-state index in [2.05, 4.69) is 15.6 Å². The van der Waals surface area contributed by atoms with Gasteiger partial charge >= 0.3 is 12.2 Å². The Bertz CT molecular complexity index is 718. The Morgan fingerprint density at radius 3 is 2.64 bits per heavy atom. The Balaban J connectivity index is 1.91. The van der Waals surface area contributed by atoms with Crippen LogP contribution in [0, 0.1) is 0 Å². The summed E-state index contributed by atoms with van der Waals surface area (Å²) in [5, 5.41) is 5.23. The van der Waals surface area contributed by atoms with Gasteiger partial charge in [-0.2, -0.15) is 13.2 Å². The average molecular weight is 353 g/mol. The Morgan fingerprint density at radius 2 is 2.04 bits per heavy atom. The number of hydrogen-bond acceptors (Lipinski definition) is 3. The molecule has 0 saturated heterocycles. The number of pyridine rings is 1. The van der Waals surface area contributed by atoms with Gasteiger partial charge in [0, 0.05) is 18.8 Å². The molecule has 1 heterocycles. The van der Waals surface area contributed by atoms with E-state index in [4.69, 9.17) is 4.74 Å². The highest BCUT2D eigenvalue weighted by Crippen LogP contribution is 2.30. The maximum Gasteiger partial charge on any atom is 0.416 e. The topological polar surface area (TPSA) is 63.2 Å². The van der Waals surface area contributed by atoms with Crippen LogP contribution in [0.3, 0.4) is 0 Å². The Hall–Kier alpha value is -2.77. The molecule has 25 heavy (non-hydrogen) atoms. The number of carbonyl (C=O) groups is 1. The number of rotatable bonds is 5. The summed E-state index contributed by atoms with van der Waals surface area (Å²) >= 11 is 0. The summed E-state index contributed by atoms with van der Waals surface area (Å²) < 4.78 is 43.2. The van der Waals surface area contributed by atoms with E-state index >= 15 is 0 Å². The molecule has 0 aliphatic heterocycles. The Kier molecular flexibility index (Phi) is 5.84. The molecule has 0 radical (unpaired) electrons. The number of benzene rings is 1. The number of carbonyl (C=O) groups excluding carboxylic acids is 1. The lowest BCUT2D eigenvalue weighted by molar-refractivity contribution is -0.137. The highest BCUT2D eigenvalue weighted by atomic mass is 19.4. The molecule has 2 rings (SSSR count). The van der Waals surface area contributed by atoms with Gasteiger partial charge in [-0.05, 0) is 30.2 Å². The minimum atomic E-state index is -4.42. The summed E-state index contributed by atoms with van der Waals surface area (Å²) in [6, 6.07) is 7.23. The number of hydrogen-bond donors (Lipinski definition) is 2. The number of urea groups is 1. The van der Waals surface area contributed by atoms with Crippen molar-refractivity contribution < 1.29 is 22.7 Å². The van der Waals surface area contributed by atoms with Crippen LogP contribution in [0.1, 0.15) is 29.7 Å². The van der Waals surface area contributed by atoms with Gasteiger partial charge in [-0.25, -0.2) is 9.78 Å². The standard InChI is InChI=1S/C17H18F3N3O2/c1-11(13-4-3-5-14(8-13)17(18,19)20)23-16(24)22-10-12-6-7-15(25-2)21-9-12/h3-9,11H,10H2,1-2H3,(H2,22,23,24). The SMILES string of the molecule is COc1ccc(CNC(=O)NC(C)c2cccc(C(F)(F)F)c2)cn1. The first kappa shape index (κ1) is 18.6. The highest BCUT2D eigenvalue weighted by Gasteiger charge is 2.30. The van der Waals surface area contributed by atoms with Crippen molar-refractivity contribution in [3.63, 3.8) is 0 Å². The summed E-state index contributed by atoms with van der Waals surface area (Å²) in [6.45, 7) is 1.85. The predicted octanol–water partition coefficient (Wildman–Crippen LogP) is 3.67. The molecule has 134 valence electrons. The number of amides is 2. The minimum Gasteiger partial charge on any atom is -0.481 e. The van der Waals surface area contributed by atoms with E-state index in [0.29, 0.717) is 11.4 Å². The van der Waals surface area contributed by atoms with Crippen molar-refractivity contribution in [3.05, 3.63) is 59.3 Å². The fourth-order valence-electron chi connectivity index (χ4n) is 2.13. The highest BCUT2D eigenvalue weighted by molar-refractivity contribution is 5.74. The van der Waals surface area contributed by atoms with Gasteiger partial charge in [0.2, 0.25) is 5.88 Å². The zero-order chi connectivity index (χ0) is 18.4. The van der Waals surface area contributed by atoms with Gasteiger partial charge in [-0.3, -0.25) is 0 Å². The quantitative estimate of drug-likeness (QED) is 0.862. The third-order valence-electron chi connectivity index (χ3n) is 3.52. The van der Waals surface area contributed by atoms with Crippen molar-refractivity contribution >= 4 is 6.03 Å². The van der Waals surface area contributed by atoms with Crippen LogP contribution >= 0.6 is 0 Å². The van der Waals surface area contributed by atoms with E-state index in [1.807, 2.05) is 0 Å². The molecule has 8 heteroatoms. The van der Waals surface area contributed by atoms with E-state index in [9.17, 15) is 18.0 Å². The van der Waals surface area contributed by atoms with Crippen LogP contribution in [0.25, 0.3) is 0 Å². The largest absolute Gasteiger partial charge is 0.481 e. The first-order valence-electron chi connectivity index (χ1n) is 7.50. The molecule has 2 amide bonds. The van der Waals surface area contributed by atoms with Crippen LogP contribution in [0.4, 0.5) is 18.0 Å². The lowest BCUT2D eigenvalue weighted by Crippen LogP contribution is -2.36. The first-order chi connectivity index (χ1) is 11.8. The molecule has 2 aromatic rings. The molecular formula is C17H18F3N3O2.